The Bertz CT molecular complexity index is 1140. The molecule has 0 aliphatic carbocycles. The van der Waals surface area contributed by atoms with Gasteiger partial charge < -0.3 is 20.0 Å². The van der Waals surface area contributed by atoms with Crippen molar-refractivity contribution in [2.45, 2.75) is 32.2 Å². The smallest absolute Gasteiger partial charge is 0.286 e. The molecule has 1 aromatic carbocycles. The zero-order chi connectivity index (χ0) is 24.1. The average molecular weight is 486 g/mol. The van der Waals surface area contributed by atoms with Crippen molar-refractivity contribution in [3.63, 3.8) is 0 Å². The summed E-state index contributed by atoms with van der Waals surface area (Å²) in [5, 5.41) is 13.4. The molecule has 4 rings (SSSR count). The normalized spacial score (nSPS) is 15.1. The SMILES string of the molecule is CC(Cc1ccco1)NC(=O)C1CCN(C(=O)c2nnc(C(=O)Nc3ccc(F)cc3)s2)CC1. The number of rotatable bonds is 7. The van der Waals surface area contributed by atoms with E-state index in [1.807, 2.05) is 19.1 Å². The first-order valence-electron chi connectivity index (χ1n) is 10.9. The Labute approximate surface area is 199 Å². The third kappa shape index (κ3) is 5.84. The van der Waals surface area contributed by atoms with Crippen molar-refractivity contribution in [1.29, 1.82) is 0 Å². The van der Waals surface area contributed by atoms with E-state index in [0.717, 1.165) is 17.1 Å². The number of furan rings is 1. The van der Waals surface area contributed by atoms with Gasteiger partial charge in [-0.25, -0.2) is 4.39 Å². The van der Waals surface area contributed by atoms with Crippen molar-refractivity contribution in [3.8, 4) is 0 Å². The van der Waals surface area contributed by atoms with Gasteiger partial charge in [0.2, 0.25) is 15.9 Å². The van der Waals surface area contributed by atoms with Crippen molar-refractivity contribution >= 4 is 34.7 Å². The van der Waals surface area contributed by atoms with Gasteiger partial charge in [-0.2, -0.15) is 0 Å². The van der Waals surface area contributed by atoms with Crippen molar-refractivity contribution in [3.05, 3.63) is 64.3 Å². The summed E-state index contributed by atoms with van der Waals surface area (Å²) < 4.78 is 18.3. The highest BCUT2D eigenvalue weighted by Crippen LogP contribution is 2.21. The molecule has 3 amide bonds. The molecule has 0 bridgehead atoms. The first-order chi connectivity index (χ1) is 16.4. The van der Waals surface area contributed by atoms with Crippen LogP contribution >= 0.6 is 11.3 Å². The van der Waals surface area contributed by atoms with Crippen LogP contribution in [0.3, 0.4) is 0 Å². The Balaban J connectivity index is 1.26. The molecule has 0 radical (unpaired) electrons. The molecule has 9 nitrogen and oxygen atoms in total. The van der Waals surface area contributed by atoms with Gasteiger partial charge in [-0.05, 0) is 56.2 Å². The molecule has 11 heteroatoms. The predicted molar refractivity (Wildman–Crippen MR) is 123 cm³/mol. The monoisotopic (exact) mass is 485 g/mol. The van der Waals surface area contributed by atoms with Crippen LogP contribution in [0.2, 0.25) is 0 Å². The number of aromatic nitrogens is 2. The van der Waals surface area contributed by atoms with Crippen LogP contribution in [0.15, 0.2) is 47.1 Å². The summed E-state index contributed by atoms with van der Waals surface area (Å²) in [6.07, 6.45) is 3.31. The summed E-state index contributed by atoms with van der Waals surface area (Å²) in [4.78, 5) is 39.4. The van der Waals surface area contributed by atoms with Crippen LogP contribution in [-0.4, -0.2) is 52.0 Å². The van der Waals surface area contributed by atoms with Gasteiger partial charge in [-0.1, -0.05) is 11.3 Å². The fourth-order valence-corrected chi connectivity index (χ4v) is 4.45. The highest BCUT2D eigenvalue weighted by molar-refractivity contribution is 7.15. The van der Waals surface area contributed by atoms with E-state index < -0.39 is 11.7 Å². The van der Waals surface area contributed by atoms with E-state index in [1.165, 1.54) is 24.3 Å². The molecule has 1 aliphatic heterocycles. The highest BCUT2D eigenvalue weighted by atomic mass is 32.1. The van der Waals surface area contributed by atoms with E-state index in [0.29, 0.717) is 38.0 Å². The third-order valence-corrected chi connectivity index (χ3v) is 6.44. The number of halogens is 1. The van der Waals surface area contributed by atoms with Crippen molar-refractivity contribution < 1.29 is 23.2 Å². The van der Waals surface area contributed by atoms with Gasteiger partial charge in [0.15, 0.2) is 0 Å². The van der Waals surface area contributed by atoms with Crippen LogP contribution in [-0.2, 0) is 11.2 Å². The lowest BCUT2D eigenvalue weighted by Crippen LogP contribution is -2.45. The molecule has 3 heterocycles. The van der Waals surface area contributed by atoms with Crippen LogP contribution in [0.1, 0.15) is 45.1 Å². The Kier molecular flexibility index (Phi) is 7.31. The Hall–Kier alpha value is -3.60. The molecule has 0 saturated carbocycles. The Morgan fingerprint density at radius 3 is 2.53 bits per heavy atom. The lowest BCUT2D eigenvalue weighted by molar-refractivity contribution is -0.126. The van der Waals surface area contributed by atoms with Gasteiger partial charge in [-0.3, -0.25) is 14.4 Å². The number of nitrogens with zero attached hydrogens (tertiary/aromatic N) is 3. The lowest BCUT2D eigenvalue weighted by atomic mass is 9.95. The molecule has 1 aliphatic rings. The highest BCUT2D eigenvalue weighted by Gasteiger charge is 2.30. The fraction of sp³-hybridized carbons (Fsp3) is 0.348. The van der Waals surface area contributed by atoms with E-state index in [4.69, 9.17) is 4.42 Å². The molecule has 1 atom stereocenters. The van der Waals surface area contributed by atoms with E-state index in [2.05, 4.69) is 20.8 Å². The zero-order valence-electron chi connectivity index (χ0n) is 18.5. The molecule has 1 fully saturated rings. The van der Waals surface area contributed by atoms with Crippen molar-refractivity contribution in [2.24, 2.45) is 5.92 Å². The molecule has 34 heavy (non-hydrogen) atoms. The van der Waals surface area contributed by atoms with E-state index in [9.17, 15) is 18.8 Å². The van der Waals surface area contributed by atoms with E-state index in [-0.39, 0.29) is 33.8 Å². The molecule has 2 N–H and O–H groups in total. The van der Waals surface area contributed by atoms with Crippen molar-refractivity contribution in [2.75, 3.05) is 18.4 Å². The molecular weight excluding hydrogens is 461 g/mol. The second-order valence-corrected chi connectivity index (χ2v) is 9.11. The summed E-state index contributed by atoms with van der Waals surface area (Å²) in [6.45, 7) is 2.76. The number of benzene rings is 1. The van der Waals surface area contributed by atoms with Crippen LogP contribution in [0.5, 0.6) is 0 Å². The second kappa shape index (κ2) is 10.6. The van der Waals surface area contributed by atoms with Crippen molar-refractivity contribution in [1.82, 2.24) is 20.4 Å². The second-order valence-electron chi connectivity index (χ2n) is 8.13. The molecule has 2 aromatic heterocycles. The van der Waals surface area contributed by atoms with Gasteiger partial charge >= 0.3 is 0 Å². The van der Waals surface area contributed by atoms with Gasteiger partial charge in [0, 0.05) is 37.2 Å². The van der Waals surface area contributed by atoms with E-state index in [1.54, 1.807) is 11.2 Å². The summed E-state index contributed by atoms with van der Waals surface area (Å²) >= 11 is 0.895. The standard InChI is InChI=1S/C23H24FN5O4S/c1-14(13-18-3-2-12-33-18)25-19(30)15-8-10-29(11-9-15)23(32)22-28-27-21(34-22)20(31)26-17-6-4-16(24)5-7-17/h2-7,12,14-15H,8-11,13H2,1H3,(H,25,30)(H,26,31). The topological polar surface area (TPSA) is 117 Å². The van der Waals surface area contributed by atoms with Crippen LogP contribution in [0, 0.1) is 11.7 Å². The minimum atomic E-state index is -0.526. The molecule has 1 saturated heterocycles. The number of likely N-dealkylation sites (tertiary alicyclic amines) is 1. The summed E-state index contributed by atoms with van der Waals surface area (Å²) in [6, 6.07) is 8.95. The molecule has 0 spiro atoms. The fourth-order valence-electron chi connectivity index (χ4n) is 3.74. The number of anilines is 1. The number of amides is 3. The Morgan fingerprint density at radius 2 is 1.85 bits per heavy atom. The van der Waals surface area contributed by atoms with Crippen LogP contribution in [0.25, 0.3) is 0 Å². The van der Waals surface area contributed by atoms with Gasteiger partial charge in [0.25, 0.3) is 11.8 Å². The van der Waals surface area contributed by atoms with Gasteiger partial charge in [0.05, 0.1) is 6.26 Å². The minimum absolute atomic E-state index is 0.0261. The first-order valence-corrected chi connectivity index (χ1v) is 11.7. The molecule has 178 valence electrons. The summed E-state index contributed by atoms with van der Waals surface area (Å²) in [7, 11) is 0. The number of hydrogen-bond acceptors (Lipinski definition) is 7. The van der Waals surface area contributed by atoms with Crippen LogP contribution in [0.4, 0.5) is 10.1 Å². The molecule has 1 unspecified atom stereocenters. The van der Waals surface area contributed by atoms with E-state index >= 15 is 0 Å². The number of piperidine rings is 1. The number of carbonyl (C=O) groups is 3. The quantitative estimate of drug-likeness (QED) is 0.531. The summed E-state index contributed by atoms with van der Waals surface area (Å²) in [5.41, 5.74) is 0.410. The lowest BCUT2D eigenvalue weighted by Gasteiger charge is -2.31. The number of hydrogen-bond donors (Lipinski definition) is 2. The largest absolute Gasteiger partial charge is 0.469 e. The predicted octanol–water partition coefficient (Wildman–Crippen LogP) is 3.12. The summed E-state index contributed by atoms with van der Waals surface area (Å²) in [5.74, 6) is -0.635. The number of nitrogens with one attached hydrogen (secondary N) is 2. The third-order valence-electron chi connectivity index (χ3n) is 5.53. The Morgan fingerprint density at radius 1 is 1.15 bits per heavy atom. The maximum Gasteiger partial charge on any atom is 0.286 e. The van der Waals surface area contributed by atoms with Gasteiger partial charge in [0.1, 0.15) is 11.6 Å². The first kappa shape index (κ1) is 23.6. The van der Waals surface area contributed by atoms with Gasteiger partial charge in [-0.15, -0.1) is 10.2 Å². The average Bonchev–Trinajstić information content (AvgIpc) is 3.52. The number of carbonyl (C=O) groups excluding carboxylic acids is 3. The maximum atomic E-state index is 13.0. The zero-order valence-corrected chi connectivity index (χ0v) is 19.3. The maximum absolute atomic E-state index is 13.0. The molecule has 3 aromatic rings. The minimum Gasteiger partial charge on any atom is -0.469 e. The molecular formula is C23H24FN5O4S. The van der Waals surface area contributed by atoms with Crippen LogP contribution < -0.4 is 10.6 Å².